The van der Waals surface area contributed by atoms with Crippen LogP contribution in [0.15, 0.2) is 54.0 Å². The smallest absolute Gasteiger partial charge is 0.251 e. The number of nitrogens with zero attached hydrogens (tertiary/aromatic N) is 1. The maximum Gasteiger partial charge on any atom is 0.251 e. The molecule has 1 aliphatic rings. The summed E-state index contributed by atoms with van der Waals surface area (Å²) in [6.07, 6.45) is 6.51. The van der Waals surface area contributed by atoms with Gasteiger partial charge in [-0.3, -0.25) is 9.78 Å². The first kappa shape index (κ1) is 16.0. The molecule has 25 heavy (non-hydrogen) atoms. The van der Waals surface area contributed by atoms with E-state index in [1.807, 2.05) is 29.6 Å². The highest BCUT2D eigenvalue weighted by atomic mass is 32.1. The average molecular weight is 348 g/mol. The molecule has 1 aliphatic carbocycles. The van der Waals surface area contributed by atoms with Crippen molar-refractivity contribution in [3.8, 4) is 10.6 Å². The van der Waals surface area contributed by atoms with E-state index in [1.54, 1.807) is 17.5 Å². The molecule has 1 amide bonds. The van der Waals surface area contributed by atoms with Crippen molar-refractivity contribution in [3.63, 3.8) is 0 Å². The Labute approximate surface area is 151 Å². The Morgan fingerprint density at radius 1 is 1.08 bits per heavy atom. The number of fused-ring (bicyclic) bond motifs is 1. The van der Waals surface area contributed by atoms with Crippen molar-refractivity contribution in [2.45, 2.75) is 32.2 Å². The lowest BCUT2D eigenvalue weighted by molar-refractivity contribution is 0.0950. The molecule has 0 bridgehead atoms. The number of thiophene rings is 1. The average Bonchev–Trinajstić information content (AvgIpc) is 3.21. The van der Waals surface area contributed by atoms with Gasteiger partial charge in [-0.25, -0.2) is 0 Å². The zero-order valence-corrected chi connectivity index (χ0v) is 14.8. The van der Waals surface area contributed by atoms with Gasteiger partial charge in [0.2, 0.25) is 0 Å². The van der Waals surface area contributed by atoms with E-state index in [0.717, 1.165) is 34.5 Å². The molecule has 2 heterocycles. The van der Waals surface area contributed by atoms with Gasteiger partial charge in [0, 0.05) is 18.3 Å². The van der Waals surface area contributed by atoms with E-state index in [1.165, 1.54) is 24.0 Å². The van der Waals surface area contributed by atoms with Crippen LogP contribution in [0.4, 0.5) is 0 Å². The number of rotatable bonds is 4. The topological polar surface area (TPSA) is 42.0 Å². The molecule has 0 fully saturated rings. The largest absolute Gasteiger partial charge is 0.348 e. The summed E-state index contributed by atoms with van der Waals surface area (Å²) in [6.45, 7) is 0.511. The van der Waals surface area contributed by atoms with E-state index in [4.69, 9.17) is 0 Å². The van der Waals surface area contributed by atoms with Crippen LogP contribution in [-0.2, 0) is 19.4 Å². The lowest BCUT2D eigenvalue weighted by Gasteiger charge is -2.16. The molecule has 0 unspecified atom stereocenters. The van der Waals surface area contributed by atoms with Gasteiger partial charge in [-0.2, -0.15) is 0 Å². The summed E-state index contributed by atoms with van der Waals surface area (Å²) < 4.78 is 0. The minimum atomic E-state index is -0.0112. The molecule has 3 aromatic rings. The number of carbonyl (C=O) groups is 1. The molecule has 1 N–H and O–H groups in total. The van der Waals surface area contributed by atoms with E-state index in [9.17, 15) is 4.79 Å². The molecule has 2 aromatic heterocycles. The van der Waals surface area contributed by atoms with Crippen LogP contribution in [0.2, 0.25) is 0 Å². The lowest BCUT2D eigenvalue weighted by atomic mass is 9.90. The quantitative estimate of drug-likeness (QED) is 0.747. The fourth-order valence-electron chi connectivity index (χ4n) is 3.30. The molecule has 4 rings (SSSR count). The van der Waals surface area contributed by atoms with Gasteiger partial charge in [0.25, 0.3) is 5.91 Å². The third-order valence-electron chi connectivity index (χ3n) is 4.66. The van der Waals surface area contributed by atoms with E-state index in [0.29, 0.717) is 6.54 Å². The number of carbonyl (C=O) groups excluding carboxylic acids is 1. The Balaban J connectivity index is 1.44. The fourth-order valence-corrected chi connectivity index (χ4v) is 4.00. The van der Waals surface area contributed by atoms with Crippen LogP contribution < -0.4 is 5.32 Å². The van der Waals surface area contributed by atoms with E-state index < -0.39 is 0 Å². The first-order valence-corrected chi connectivity index (χ1v) is 9.56. The van der Waals surface area contributed by atoms with E-state index >= 15 is 0 Å². The molecule has 0 radical (unpaired) electrons. The molecule has 3 nitrogen and oxygen atoms in total. The second-order valence-corrected chi connectivity index (χ2v) is 7.35. The number of benzene rings is 1. The summed E-state index contributed by atoms with van der Waals surface area (Å²) in [6, 6.07) is 14.2. The van der Waals surface area contributed by atoms with Gasteiger partial charge in [-0.15, -0.1) is 11.3 Å². The van der Waals surface area contributed by atoms with Crippen LogP contribution in [0.3, 0.4) is 0 Å². The minimum absolute atomic E-state index is 0.0112. The number of aryl methyl sites for hydroxylation is 2. The Morgan fingerprint density at radius 2 is 1.96 bits per heavy atom. The minimum Gasteiger partial charge on any atom is -0.348 e. The molecule has 0 saturated heterocycles. The van der Waals surface area contributed by atoms with E-state index in [-0.39, 0.29) is 5.91 Å². The van der Waals surface area contributed by atoms with Crippen molar-refractivity contribution >= 4 is 17.2 Å². The maximum absolute atomic E-state index is 12.5. The van der Waals surface area contributed by atoms with Gasteiger partial charge in [0.05, 0.1) is 10.6 Å². The summed E-state index contributed by atoms with van der Waals surface area (Å²) in [5.41, 5.74) is 5.51. The molecule has 1 aromatic carbocycles. The number of amides is 1. The van der Waals surface area contributed by atoms with Crippen LogP contribution in [-0.4, -0.2) is 10.9 Å². The predicted octanol–water partition coefficient (Wildman–Crippen LogP) is 4.62. The summed E-state index contributed by atoms with van der Waals surface area (Å²) in [4.78, 5) is 18.0. The summed E-state index contributed by atoms with van der Waals surface area (Å²) in [5, 5.41) is 5.07. The van der Waals surface area contributed by atoms with Crippen LogP contribution in [0.25, 0.3) is 10.6 Å². The summed E-state index contributed by atoms with van der Waals surface area (Å²) >= 11 is 1.67. The summed E-state index contributed by atoms with van der Waals surface area (Å²) in [7, 11) is 0. The first-order valence-electron chi connectivity index (χ1n) is 8.68. The Morgan fingerprint density at radius 3 is 2.80 bits per heavy atom. The molecule has 0 spiro atoms. The molecule has 0 atom stereocenters. The molecule has 0 saturated carbocycles. The Hall–Kier alpha value is -2.46. The fraction of sp³-hybridized carbons (Fsp3) is 0.238. The molecule has 0 aliphatic heterocycles. The highest BCUT2D eigenvalue weighted by Gasteiger charge is 2.13. The summed E-state index contributed by atoms with van der Waals surface area (Å²) in [5.74, 6) is -0.0112. The highest BCUT2D eigenvalue weighted by Crippen LogP contribution is 2.24. The predicted molar refractivity (Wildman–Crippen MR) is 102 cm³/mol. The van der Waals surface area contributed by atoms with Crippen LogP contribution in [0.1, 0.15) is 39.9 Å². The maximum atomic E-state index is 12.5. The zero-order chi connectivity index (χ0) is 17.1. The third-order valence-corrected chi connectivity index (χ3v) is 5.55. The van der Waals surface area contributed by atoms with Gasteiger partial charge in [0.1, 0.15) is 0 Å². The second kappa shape index (κ2) is 7.19. The van der Waals surface area contributed by atoms with Crippen molar-refractivity contribution in [2.75, 3.05) is 0 Å². The lowest BCUT2D eigenvalue weighted by Crippen LogP contribution is -2.23. The van der Waals surface area contributed by atoms with Crippen LogP contribution in [0, 0.1) is 0 Å². The normalized spacial score (nSPS) is 13.3. The van der Waals surface area contributed by atoms with Gasteiger partial charge in [-0.05, 0) is 78.1 Å². The molecular weight excluding hydrogens is 328 g/mol. The van der Waals surface area contributed by atoms with Gasteiger partial charge < -0.3 is 5.32 Å². The van der Waals surface area contributed by atoms with Gasteiger partial charge >= 0.3 is 0 Å². The Kier molecular flexibility index (Phi) is 4.61. The number of nitrogens with one attached hydrogen (secondary N) is 1. The zero-order valence-electron chi connectivity index (χ0n) is 14.0. The van der Waals surface area contributed by atoms with Crippen molar-refractivity contribution in [3.05, 3.63) is 76.3 Å². The van der Waals surface area contributed by atoms with Crippen LogP contribution in [0.5, 0.6) is 0 Å². The monoisotopic (exact) mass is 348 g/mol. The standard InChI is InChI=1S/C21H20N2OS/c24-21(18-8-7-16-4-1-2-5-17(16)13-18)23-14-15-9-10-22-19(12-15)20-6-3-11-25-20/h3,6-13H,1-2,4-5,14H2,(H,23,24). The first-order chi connectivity index (χ1) is 12.3. The SMILES string of the molecule is O=C(NCc1ccnc(-c2cccs2)c1)c1ccc2c(c1)CCCC2. The molecular formula is C21H20N2OS. The van der Waals surface area contributed by atoms with Crippen molar-refractivity contribution < 1.29 is 4.79 Å². The van der Waals surface area contributed by atoms with Crippen molar-refractivity contribution in [2.24, 2.45) is 0 Å². The number of hydrogen-bond acceptors (Lipinski definition) is 3. The van der Waals surface area contributed by atoms with E-state index in [2.05, 4.69) is 28.5 Å². The Bertz CT molecular complexity index is 887. The molecule has 126 valence electrons. The van der Waals surface area contributed by atoms with Crippen LogP contribution >= 0.6 is 11.3 Å². The van der Waals surface area contributed by atoms with Gasteiger partial charge in [-0.1, -0.05) is 12.1 Å². The highest BCUT2D eigenvalue weighted by molar-refractivity contribution is 7.13. The number of pyridine rings is 1. The van der Waals surface area contributed by atoms with Crippen molar-refractivity contribution in [1.82, 2.24) is 10.3 Å². The number of aromatic nitrogens is 1. The van der Waals surface area contributed by atoms with Crippen molar-refractivity contribution in [1.29, 1.82) is 0 Å². The third kappa shape index (κ3) is 3.64. The van der Waals surface area contributed by atoms with Gasteiger partial charge in [0.15, 0.2) is 0 Å². The number of hydrogen-bond donors (Lipinski definition) is 1. The second-order valence-electron chi connectivity index (χ2n) is 6.40. The molecule has 4 heteroatoms.